The third kappa shape index (κ3) is 2.93. The number of hydrogen-bond donors (Lipinski definition) is 1. The largest absolute Gasteiger partial charge is 0.320 e. The summed E-state index contributed by atoms with van der Waals surface area (Å²) in [7, 11) is 0. The maximum atomic E-state index is 12.6. The van der Waals surface area contributed by atoms with Crippen molar-refractivity contribution in [3.05, 3.63) is 70.5 Å². The van der Waals surface area contributed by atoms with Gasteiger partial charge in [-0.05, 0) is 62.6 Å². The number of hydrogen-bond acceptors (Lipinski definition) is 3. The molecule has 1 heterocycles. The molecule has 2 aromatic carbocycles. The van der Waals surface area contributed by atoms with Crippen molar-refractivity contribution in [3.63, 3.8) is 0 Å². The number of rotatable bonds is 3. The van der Waals surface area contributed by atoms with Crippen molar-refractivity contribution in [2.24, 2.45) is 0 Å². The normalized spacial score (nSPS) is 10.7. The zero-order chi connectivity index (χ0) is 17.3. The molecule has 0 atom stereocenters. The van der Waals surface area contributed by atoms with Gasteiger partial charge in [0.1, 0.15) is 0 Å². The van der Waals surface area contributed by atoms with Crippen LogP contribution < -0.4 is 5.32 Å². The molecule has 0 saturated heterocycles. The molecular weight excluding hydrogens is 300 g/mol. The number of benzene rings is 2. The lowest BCUT2D eigenvalue weighted by Gasteiger charge is -2.09. The predicted molar refractivity (Wildman–Crippen MR) is 94.7 cm³/mol. The minimum absolute atomic E-state index is 0.250. The number of aryl methyl sites for hydroxylation is 2. The second kappa shape index (κ2) is 6.28. The average molecular weight is 320 g/mol. The molecule has 24 heavy (non-hydrogen) atoms. The zero-order valence-corrected chi connectivity index (χ0v) is 14.3. The van der Waals surface area contributed by atoms with E-state index in [1.165, 1.54) is 0 Å². The number of nitrogens with zero attached hydrogens (tertiary/aromatic N) is 3. The van der Waals surface area contributed by atoms with Crippen LogP contribution in [0.1, 0.15) is 32.9 Å². The molecule has 0 saturated carbocycles. The maximum Gasteiger partial charge on any atom is 0.278 e. The van der Waals surface area contributed by atoms with Gasteiger partial charge in [0, 0.05) is 5.69 Å². The van der Waals surface area contributed by atoms with Gasteiger partial charge in [-0.2, -0.15) is 0 Å². The van der Waals surface area contributed by atoms with Crippen molar-refractivity contribution in [3.8, 4) is 5.69 Å². The van der Waals surface area contributed by atoms with Crippen LogP contribution in [-0.4, -0.2) is 20.9 Å². The van der Waals surface area contributed by atoms with Crippen molar-refractivity contribution >= 4 is 11.6 Å². The lowest BCUT2D eigenvalue weighted by Crippen LogP contribution is -2.15. The molecule has 0 fully saturated rings. The summed E-state index contributed by atoms with van der Waals surface area (Å²) in [5, 5.41) is 11.1. The van der Waals surface area contributed by atoms with Gasteiger partial charge in [-0.25, -0.2) is 4.68 Å². The van der Waals surface area contributed by atoms with E-state index < -0.39 is 0 Å². The molecule has 0 aliphatic heterocycles. The summed E-state index contributed by atoms with van der Waals surface area (Å²) < 4.78 is 1.69. The van der Waals surface area contributed by atoms with Gasteiger partial charge in [-0.15, -0.1) is 5.10 Å². The lowest BCUT2D eigenvalue weighted by molar-refractivity contribution is 0.102. The Labute approximate surface area is 141 Å². The Morgan fingerprint density at radius 2 is 1.79 bits per heavy atom. The Morgan fingerprint density at radius 1 is 1.04 bits per heavy atom. The van der Waals surface area contributed by atoms with Crippen molar-refractivity contribution in [1.29, 1.82) is 0 Å². The third-order valence-corrected chi connectivity index (χ3v) is 4.21. The highest BCUT2D eigenvalue weighted by atomic mass is 16.2. The van der Waals surface area contributed by atoms with Gasteiger partial charge in [-0.1, -0.05) is 29.5 Å². The molecular formula is C19H20N4O. The van der Waals surface area contributed by atoms with Gasteiger partial charge >= 0.3 is 0 Å². The van der Waals surface area contributed by atoms with Crippen molar-refractivity contribution in [1.82, 2.24) is 15.0 Å². The first kappa shape index (κ1) is 15.9. The Balaban J connectivity index is 1.90. The highest BCUT2D eigenvalue weighted by molar-refractivity contribution is 6.04. The van der Waals surface area contributed by atoms with Crippen LogP contribution in [0.4, 0.5) is 5.69 Å². The lowest BCUT2D eigenvalue weighted by atomic mass is 10.1. The first-order valence-corrected chi connectivity index (χ1v) is 7.84. The summed E-state index contributed by atoms with van der Waals surface area (Å²) in [4.78, 5) is 12.6. The maximum absolute atomic E-state index is 12.6. The van der Waals surface area contributed by atoms with Crippen molar-refractivity contribution in [2.45, 2.75) is 27.7 Å². The molecule has 1 aromatic heterocycles. The van der Waals surface area contributed by atoms with E-state index in [1.54, 1.807) is 4.68 Å². The molecule has 0 spiro atoms. The fourth-order valence-corrected chi connectivity index (χ4v) is 2.61. The van der Waals surface area contributed by atoms with Gasteiger partial charge in [0.15, 0.2) is 5.69 Å². The molecule has 122 valence electrons. The van der Waals surface area contributed by atoms with Gasteiger partial charge in [0.2, 0.25) is 0 Å². The summed E-state index contributed by atoms with van der Waals surface area (Å²) in [5.41, 5.74) is 6.04. The number of carbonyl (C=O) groups excluding carboxylic acids is 1. The van der Waals surface area contributed by atoms with E-state index >= 15 is 0 Å². The average Bonchev–Trinajstić information content (AvgIpc) is 2.93. The Bertz CT molecular complexity index is 911. The van der Waals surface area contributed by atoms with Crippen LogP contribution in [0, 0.1) is 27.7 Å². The summed E-state index contributed by atoms with van der Waals surface area (Å²) in [6, 6.07) is 13.8. The van der Waals surface area contributed by atoms with E-state index in [1.807, 2.05) is 70.2 Å². The van der Waals surface area contributed by atoms with Crippen LogP contribution in [0.15, 0.2) is 42.5 Å². The van der Waals surface area contributed by atoms with Crippen LogP contribution in [0.2, 0.25) is 0 Å². The molecule has 1 amide bonds. The highest BCUT2D eigenvalue weighted by Gasteiger charge is 2.18. The summed E-state index contributed by atoms with van der Waals surface area (Å²) in [6.45, 7) is 7.87. The number of nitrogens with one attached hydrogen (secondary N) is 1. The monoisotopic (exact) mass is 320 g/mol. The molecule has 1 N–H and O–H groups in total. The van der Waals surface area contributed by atoms with E-state index in [0.29, 0.717) is 11.4 Å². The molecule has 0 bridgehead atoms. The van der Waals surface area contributed by atoms with E-state index in [4.69, 9.17) is 0 Å². The Kier molecular flexibility index (Phi) is 4.16. The second-order valence-corrected chi connectivity index (χ2v) is 5.98. The zero-order valence-electron chi connectivity index (χ0n) is 14.3. The topological polar surface area (TPSA) is 59.8 Å². The molecule has 3 rings (SSSR count). The first-order valence-electron chi connectivity index (χ1n) is 7.84. The quantitative estimate of drug-likeness (QED) is 0.799. The fraction of sp³-hybridized carbons (Fsp3) is 0.211. The first-order chi connectivity index (χ1) is 11.5. The summed E-state index contributed by atoms with van der Waals surface area (Å²) in [6.07, 6.45) is 0. The SMILES string of the molecule is Cc1cccc(-n2nnc(C(=O)Nc3cccc(C)c3C)c2C)c1. The van der Waals surface area contributed by atoms with E-state index in [2.05, 4.69) is 15.6 Å². The van der Waals surface area contributed by atoms with Crippen LogP contribution in [0.5, 0.6) is 0 Å². The predicted octanol–water partition coefficient (Wildman–Crippen LogP) is 3.75. The molecule has 3 aromatic rings. The molecule has 0 aliphatic rings. The fourth-order valence-electron chi connectivity index (χ4n) is 2.61. The van der Waals surface area contributed by atoms with Crippen LogP contribution in [0.25, 0.3) is 5.69 Å². The van der Waals surface area contributed by atoms with Crippen LogP contribution in [-0.2, 0) is 0 Å². The third-order valence-electron chi connectivity index (χ3n) is 4.21. The number of carbonyl (C=O) groups is 1. The summed E-state index contributed by atoms with van der Waals surface area (Å²) >= 11 is 0. The minimum Gasteiger partial charge on any atom is -0.320 e. The number of amides is 1. The van der Waals surface area contributed by atoms with E-state index in [0.717, 1.165) is 28.1 Å². The van der Waals surface area contributed by atoms with Gasteiger partial charge in [0.05, 0.1) is 11.4 Å². The van der Waals surface area contributed by atoms with Crippen LogP contribution >= 0.6 is 0 Å². The second-order valence-electron chi connectivity index (χ2n) is 5.98. The molecule has 5 nitrogen and oxygen atoms in total. The molecule has 5 heteroatoms. The number of aromatic nitrogens is 3. The van der Waals surface area contributed by atoms with Crippen LogP contribution in [0.3, 0.4) is 0 Å². The standard InChI is InChI=1S/C19H20N4O/c1-12-7-5-9-16(11-12)23-15(4)18(21-22-23)19(24)20-17-10-6-8-13(2)14(17)3/h5-11H,1-4H3,(H,20,24). The van der Waals surface area contributed by atoms with Gasteiger partial charge in [-0.3, -0.25) is 4.79 Å². The Hall–Kier alpha value is -2.95. The molecule has 0 unspecified atom stereocenters. The molecule has 0 aliphatic carbocycles. The Morgan fingerprint density at radius 3 is 2.54 bits per heavy atom. The van der Waals surface area contributed by atoms with E-state index in [-0.39, 0.29) is 5.91 Å². The van der Waals surface area contributed by atoms with Gasteiger partial charge < -0.3 is 5.32 Å². The summed E-state index contributed by atoms with van der Waals surface area (Å²) in [5.74, 6) is -0.250. The van der Waals surface area contributed by atoms with E-state index in [9.17, 15) is 4.79 Å². The van der Waals surface area contributed by atoms with Gasteiger partial charge in [0.25, 0.3) is 5.91 Å². The minimum atomic E-state index is -0.250. The van der Waals surface area contributed by atoms with Crippen molar-refractivity contribution in [2.75, 3.05) is 5.32 Å². The smallest absolute Gasteiger partial charge is 0.278 e. The highest BCUT2D eigenvalue weighted by Crippen LogP contribution is 2.20. The molecule has 0 radical (unpaired) electrons. The van der Waals surface area contributed by atoms with Crippen molar-refractivity contribution < 1.29 is 4.79 Å². The number of anilines is 1.